The molecule has 0 aliphatic heterocycles. The first-order chi connectivity index (χ1) is 7.47. The zero-order chi connectivity index (χ0) is 11.8. The number of fused-ring (bicyclic) bond motifs is 1. The predicted molar refractivity (Wildman–Crippen MR) is 50.0 cm³/mol. The zero-order valence-electron chi connectivity index (χ0n) is 7.84. The van der Waals surface area contributed by atoms with Crippen LogP contribution in [0.2, 0.25) is 0 Å². The molecule has 16 heavy (non-hydrogen) atoms. The highest BCUT2D eigenvalue weighted by molar-refractivity contribution is 5.83. The van der Waals surface area contributed by atoms with Gasteiger partial charge in [0.15, 0.2) is 0 Å². The number of carbonyl (C=O) groups excluding carboxylic acids is 1. The summed E-state index contributed by atoms with van der Waals surface area (Å²) in [5.74, 6) is -2.46. The van der Waals surface area contributed by atoms with Gasteiger partial charge in [-0.1, -0.05) is 18.2 Å². The van der Waals surface area contributed by atoms with Crippen molar-refractivity contribution in [3.63, 3.8) is 0 Å². The number of halogens is 3. The molecule has 2 aromatic rings. The SMILES string of the molecule is O=C(Oc1cc2ccccc2[nH]1)C(F)(F)F. The van der Waals surface area contributed by atoms with Gasteiger partial charge in [0.05, 0.1) is 0 Å². The van der Waals surface area contributed by atoms with Gasteiger partial charge >= 0.3 is 12.1 Å². The van der Waals surface area contributed by atoms with E-state index < -0.39 is 12.1 Å². The molecule has 0 spiro atoms. The molecule has 1 aromatic heterocycles. The van der Waals surface area contributed by atoms with Crippen LogP contribution in [0.15, 0.2) is 30.3 Å². The normalized spacial score (nSPS) is 11.7. The molecule has 0 unspecified atom stereocenters. The Morgan fingerprint density at radius 3 is 2.56 bits per heavy atom. The Labute approximate surface area is 87.8 Å². The average Bonchev–Trinajstić information content (AvgIpc) is 2.58. The van der Waals surface area contributed by atoms with Crippen LogP contribution in [-0.2, 0) is 4.79 Å². The first kappa shape index (κ1) is 10.5. The van der Waals surface area contributed by atoms with Crippen LogP contribution in [-0.4, -0.2) is 17.1 Å². The highest BCUT2D eigenvalue weighted by Crippen LogP contribution is 2.23. The molecule has 0 bridgehead atoms. The van der Waals surface area contributed by atoms with E-state index in [2.05, 4.69) is 9.72 Å². The molecule has 0 fully saturated rings. The molecule has 0 saturated carbocycles. The predicted octanol–water partition coefficient (Wildman–Crippen LogP) is 2.64. The maximum atomic E-state index is 11.9. The fraction of sp³-hybridized carbons (Fsp3) is 0.100. The number of para-hydroxylation sites is 1. The molecule has 0 aliphatic rings. The van der Waals surface area contributed by atoms with Gasteiger partial charge in [0.25, 0.3) is 0 Å². The van der Waals surface area contributed by atoms with Gasteiger partial charge in [-0.25, -0.2) is 4.79 Å². The number of esters is 1. The highest BCUT2D eigenvalue weighted by Gasteiger charge is 2.41. The summed E-state index contributed by atoms with van der Waals surface area (Å²) < 4.78 is 39.8. The van der Waals surface area contributed by atoms with Crippen molar-refractivity contribution < 1.29 is 22.7 Å². The quantitative estimate of drug-likeness (QED) is 0.764. The summed E-state index contributed by atoms with van der Waals surface area (Å²) in [6, 6.07) is 8.13. The van der Waals surface area contributed by atoms with Crippen molar-refractivity contribution in [1.82, 2.24) is 4.98 Å². The van der Waals surface area contributed by atoms with Crippen LogP contribution < -0.4 is 4.74 Å². The summed E-state index contributed by atoms with van der Waals surface area (Å²) in [5, 5.41) is 0.674. The number of rotatable bonds is 1. The van der Waals surface area contributed by atoms with Crippen molar-refractivity contribution in [3.8, 4) is 5.88 Å². The topological polar surface area (TPSA) is 42.1 Å². The van der Waals surface area contributed by atoms with E-state index in [4.69, 9.17) is 0 Å². The Morgan fingerprint density at radius 1 is 1.25 bits per heavy atom. The Hall–Kier alpha value is -1.98. The third-order valence-electron chi connectivity index (χ3n) is 1.94. The number of aromatic nitrogens is 1. The van der Waals surface area contributed by atoms with Crippen molar-refractivity contribution in [1.29, 1.82) is 0 Å². The van der Waals surface area contributed by atoms with E-state index in [0.717, 1.165) is 0 Å². The standard InChI is InChI=1S/C10H6F3NO2/c11-10(12,13)9(15)16-8-5-6-3-1-2-4-7(6)14-8/h1-5,14H. The smallest absolute Gasteiger partial charge is 0.403 e. The van der Waals surface area contributed by atoms with Crippen LogP contribution in [0.3, 0.4) is 0 Å². The highest BCUT2D eigenvalue weighted by atomic mass is 19.4. The number of aromatic amines is 1. The minimum atomic E-state index is -4.99. The first-order valence-electron chi connectivity index (χ1n) is 4.33. The fourth-order valence-corrected chi connectivity index (χ4v) is 1.26. The molecule has 1 N–H and O–H groups in total. The summed E-state index contributed by atoms with van der Waals surface area (Å²) in [5.41, 5.74) is 0.604. The Kier molecular flexibility index (Phi) is 2.34. The monoisotopic (exact) mass is 229 g/mol. The number of carbonyl (C=O) groups is 1. The van der Waals surface area contributed by atoms with Crippen molar-refractivity contribution in [2.24, 2.45) is 0 Å². The van der Waals surface area contributed by atoms with E-state index in [0.29, 0.717) is 10.9 Å². The number of benzene rings is 1. The van der Waals surface area contributed by atoms with Gasteiger partial charge in [-0.3, -0.25) is 0 Å². The van der Waals surface area contributed by atoms with Crippen LogP contribution in [0.4, 0.5) is 13.2 Å². The molecule has 84 valence electrons. The lowest BCUT2D eigenvalue weighted by molar-refractivity contribution is -0.189. The summed E-state index contributed by atoms with van der Waals surface area (Å²) in [6.45, 7) is 0. The van der Waals surface area contributed by atoms with Gasteiger partial charge in [0.1, 0.15) is 0 Å². The van der Waals surface area contributed by atoms with Crippen molar-refractivity contribution in [2.45, 2.75) is 6.18 Å². The first-order valence-corrected chi connectivity index (χ1v) is 4.33. The molecule has 0 amide bonds. The number of H-pyrrole nitrogens is 1. The van der Waals surface area contributed by atoms with Gasteiger partial charge in [0.2, 0.25) is 5.88 Å². The van der Waals surface area contributed by atoms with E-state index in [9.17, 15) is 18.0 Å². The van der Waals surface area contributed by atoms with Gasteiger partial charge in [-0.05, 0) is 6.07 Å². The van der Waals surface area contributed by atoms with Crippen LogP contribution in [0.5, 0.6) is 5.88 Å². The number of hydrogen-bond acceptors (Lipinski definition) is 2. The molecule has 0 aliphatic carbocycles. The molecule has 3 nitrogen and oxygen atoms in total. The lowest BCUT2D eigenvalue weighted by Crippen LogP contribution is -2.28. The lowest BCUT2D eigenvalue weighted by atomic mass is 10.3. The van der Waals surface area contributed by atoms with Gasteiger partial charge in [-0.2, -0.15) is 13.2 Å². The van der Waals surface area contributed by atoms with Crippen molar-refractivity contribution in [3.05, 3.63) is 30.3 Å². The lowest BCUT2D eigenvalue weighted by Gasteiger charge is -2.03. The number of alkyl halides is 3. The minimum Gasteiger partial charge on any atom is -0.403 e. The Balaban J connectivity index is 2.25. The minimum absolute atomic E-state index is 0.219. The average molecular weight is 229 g/mol. The van der Waals surface area contributed by atoms with E-state index >= 15 is 0 Å². The largest absolute Gasteiger partial charge is 0.491 e. The summed E-state index contributed by atoms with van der Waals surface area (Å²) >= 11 is 0. The van der Waals surface area contributed by atoms with Gasteiger partial charge in [-0.15, -0.1) is 0 Å². The summed E-state index contributed by atoms with van der Waals surface area (Å²) in [4.78, 5) is 13.1. The Bertz CT molecular complexity index is 497. The molecule has 0 atom stereocenters. The number of nitrogens with one attached hydrogen (secondary N) is 1. The molecule has 6 heteroatoms. The molecular weight excluding hydrogens is 223 g/mol. The van der Waals surface area contributed by atoms with Gasteiger partial charge < -0.3 is 9.72 Å². The number of ether oxygens (including phenoxy) is 1. The van der Waals surface area contributed by atoms with Crippen LogP contribution in [0, 0.1) is 0 Å². The molecular formula is C10H6F3NO2. The molecule has 1 heterocycles. The second kappa shape index (κ2) is 3.55. The third kappa shape index (κ3) is 2.00. The van der Waals surface area contributed by atoms with Crippen molar-refractivity contribution >= 4 is 16.9 Å². The molecule has 0 saturated heterocycles. The molecule has 2 rings (SSSR count). The van der Waals surface area contributed by atoms with Crippen LogP contribution in [0.1, 0.15) is 0 Å². The van der Waals surface area contributed by atoms with E-state index in [1.54, 1.807) is 24.3 Å². The second-order valence-electron chi connectivity index (χ2n) is 3.11. The molecule has 1 aromatic carbocycles. The summed E-state index contributed by atoms with van der Waals surface area (Å²) in [7, 11) is 0. The Morgan fingerprint density at radius 2 is 1.94 bits per heavy atom. The van der Waals surface area contributed by atoms with E-state index in [-0.39, 0.29) is 5.88 Å². The van der Waals surface area contributed by atoms with Crippen LogP contribution >= 0.6 is 0 Å². The summed E-state index contributed by atoms with van der Waals surface area (Å²) in [6.07, 6.45) is -4.99. The maximum absolute atomic E-state index is 11.9. The van der Waals surface area contributed by atoms with E-state index in [1.165, 1.54) is 6.07 Å². The number of hydrogen-bond donors (Lipinski definition) is 1. The van der Waals surface area contributed by atoms with Crippen molar-refractivity contribution in [2.75, 3.05) is 0 Å². The fourth-order valence-electron chi connectivity index (χ4n) is 1.26. The molecule has 0 radical (unpaired) electrons. The maximum Gasteiger partial charge on any atom is 0.491 e. The zero-order valence-corrected chi connectivity index (χ0v) is 7.84. The third-order valence-corrected chi connectivity index (χ3v) is 1.94. The van der Waals surface area contributed by atoms with Gasteiger partial charge in [0, 0.05) is 17.0 Å². The second-order valence-corrected chi connectivity index (χ2v) is 3.11. The van der Waals surface area contributed by atoms with E-state index in [1.807, 2.05) is 0 Å². The van der Waals surface area contributed by atoms with Crippen LogP contribution in [0.25, 0.3) is 10.9 Å².